The van der Waals surface area contributed by atoms with E-state index in [0.717, 1.165) is 44.6 Å². The first kappa shape index (κ1) is 17.0. The highest BCUT2D eigenvalue weighted by molar-refractivity contribution is 5.76. The van der Waals surface area contributed by atoms with Crippen molar-refractivity contribution in [1.29, 1.82) is 0 Å². The number of amides is 1. The topological polar surface area (TPSA) is 32.8 Å². The molecular weight excluding hydrogens is 312 g/mol. The SMILES string of the molecule is O=C(CCN1CCC(C2[CH][C@@H]2c2ccccc2)CC1)N1CCOCC1. The van der Waals surface area contributed by atoms with Crippen LogP contribution in [0.15, 0.2) is 30.3 Å². The summed E-state index contributed by atoms with van der Waals surface area (Å²) in [5, 5.41) is 0. The van der Waals surface area contributed by atoms with Gasteiger partial charge in [0.15, 0.2) is 0 Å². The average molecular weight is 341 g/mol. The van der Waals surface area contributed by atoms with Crippen LogP contribution in [-0.4, -0.2) is 61.6 Å². The molecule has 0 bridgehead atoms. The summed E-state index contributed by atoms with van der Waals surface area (Å²) in [5.41, 5.74) is 1.48. The van der Waals surface area contributed by atoms with Crippen LogP contribution >= 0.6 is 0 Å². The van der Waals surface area contributed by atoms with Crippen LogP contribution in [0.3, 0.4) is 0 Å². The van der Waals surface area contributed by atoms with Crippen molar-refractivity contribution in [2.45, 2.75) is 25.2 Å². The van der Waals surface area contributed by atoms with Gasteiger partial charge in [-0.1, -0.05) is 30.3 Å². The Kier molecular flexibility index (Phi) is 5.37. The Morgan fingerprint density at radius 1 is 1.04 bits per heavy atom. The number of hydrogen-bond acceptors (Lipinski definition) is 3. The first-order chi connectivity index (χ1) is 12.3. The second kappa shape index (κ2) is 7.88. The summed E-state index contributed by atoms with van der Waals surface area (Å²) in [6, 6.07) is 10.9. The van der Waals surface area contributed by atoms with Gasteiger partial charge in [0, 0.05) is 26.1 Å². The van der Waals surface area contributed by atoms with Crippen molar-refractivity contribution in [1.82, 2.24) is 9.80 Å². The second-order valence-corrected chi connectivity index (χ2v) is 7.63. The number of benzene rings is 1. The minimum Gasteiger partial charge on any atom is -0.378 e. The Bertz CT molecular complexity index is 563. The lowest BCUT2D eigenvalue weighted by atomic mass is 9.90. The van der Waals surface area contributed by atoms with Crippen molar-refractivity contribution >= 4 is 5.91 Å². The van der Waals surface area contributed by atoms with Crippen molar-refractivity contribution in [3.05, 3.63) is 42.3 Å². The summed E-state index contributed by atoms with van der Waals surface area (Å²) < 4.78 is 5.32. The molecular formula is C21H29N2O2. The molecule has 135 valence electrons. The fourth-order valence-corrected chi connectivity index (χ4v) is 4.42. The third-order valence-corrected chi connectivity index (χ3v) is 6.07. The number of hydrogen-bond donors (Lipinski definition) is 0. The molecule has 1 aromatic carbocycles. The fraction of sp³-hybridized carbons (Fsp3) is 0.619. The monoisotopic (exact) mass is 341 g/mol. The van der Waals surface area contributed by atoms with E-state index in [1.54, 1.807) is 0 Å². The number of carbonyl (C=O) groups is 1. The number of nitrogens with zero attached hydrogens (tertiary/aromatic N) is 2. The van der Waals surface area contributed by atoms with Crippen molar-refractivity contribution in [3.63, 3.8) is 0 Å². The Labute approximate surface area is 151 Å². The molecule has 2 atom stereocenters. The molecule has 3 aliphatic rings. The zero-order chi connectivity index (χ0) is 17.1. The molecule has 1 saturated carbocycles. The Balaban J connectivity index is 1.17. The van der Waals surface area contributed by atoms with Gasteiger partial charge < -0.3 is 14.5 Å². The van der Waals surface area contributed by atoms with Crippen molar-refractivity contribution in [2.75, 3.05) is 45.9 Å². The lowest BCUT2D eigenvalue weighted by Gasteiger charge is -2.33. The largest absolute Gasteiger partial charge is 0.378 e. The van der Waals surface area contributed by atoms with Gasteiger partial charge in [-0.25, -0.2) is 0 Å². The Morgan fingerprint density at radius 2 is 1.76 bits per heavy atom. The summed E-state index contributed by atoms with van der Waals surface area (Å²) in [6.45, 7) is 6.12. The molecule has 0 spiro atoms. The number of likely N-dealkylation sites (tertiary alicyclic amines) is 1. The number of morpholine rings is 1. The normalized spacial score (nSPS) is 28.1. The van der Waals surface area contributed by atoms with E-state index < -0.39 is 0 Å². The highest BCUT2D eigenvalue weighted by atomic mass is 16.5. The molecule has 3 fully saturated rings. The van der Waals surface area contributed by atoms with Crippen LogP contribution < -0.4 is 0 Å². The third kappa shape index (κ3) is 4.24. The van der Waals surface area contributed by atoms with Crippen LogP contribution in [0.4, 0.5) is 0 Å². The van der Waals surface area contributed by atoms with Gasteiger partial charge in [0.25, 0.3) is 0 Å². The predicted molar refractivity (Wildman–Crippen MR) is 98.2 cm³/mol. The first-order valence-electron chi connectivity index (χ1n) is 9.79. The van der Waals surface area contributed by atoms with E-state index in [9.17, 15) is 4.79 Å². The highest BCUT2D eigenvalue weighted by Gasteiger charge is 2.44. The van der Waals surface area contributed by atoms with Gasteiger partial charge in [-0.2, -0.15) is 0 Å². The Hall–Kier alpha value is -1.39. The van der Waals surface area contributed by atoms with Gasteiger partial charge >= 0.3 is 0 Å². The van der Waals surface area contributed by atoms with Gasteiger partial charge in [-0.15, -0.1) is 0 Å². The summed E-state index contributed by atoms with van der Waals surface area (Å²) in [6.07, 6.45) is 5.73. The molecule has 1 aromatic rings. The molecule has 2 heterocycles. The maximum absolute atomic E-state index is 12.3. The molecule has 1 unspecified atom stereocenters. The van der Waals surface area contributed by atoms with Gasteiger partial charge in [0.2, 0.25) is 5.91 Å². The second-order valence-electron chi connectivity index (χ2n) is 7.63. The maximum Gasteiger partial charge on any atom is 0.224 e. The molecule has 25 heavy (non-hydrogen) atoms. The summed E-state index contributed by atoms with van der Waals surface area (Å²) in [5.74, 6) is 2.58. The maximum atomic E-state index is 12.3. The van der Waals surface area contributed by atoms with Crippen LogP contribution in [0, 0.1) is 18.3 Å². The molecule has 4 nitrogen and oxygen atoms in total. The number of ether oxygens (including phenoxy) is 1. The number of rotatable bonds is 5. The van der Waals surface area contributed by atoms with E-state index in [-0.39, 0.29) is 0 Å². The van der Waals surface area contributed by atoms with Crippen LogP contribution in [0.1, 0.15) is 30.7 Å². The molecule has 1 aliphatic carbocycles. The lowest BCUT2D eigenvalue weighted by molar-refractivity contribution is -0.135. The smallest absolute Gasteiger partial charge is 0.224 e. The third-order valence-electron chi connectivity index (χ3n) is 6.07. The number of piperidine rings is 1. The molecule has 1 amide bonds. The Morgan fingerprint density at radius 3 is 2.48 bits per heavy atom. The van der Waals surface area contributed by atoms with E-state index in [2.05, 4.69) is 41.7 Å². The summed E-state index contributed by atoms with van der Waals surface area (Å²) >= 11 is 0. The quantitative estimate of drug-likeness (QED) is 0.825. The molecule has 2 saturated heterocycles. The zero-order valence-corrected chi connectivity index (χ0v) is 15.0. The van der Waals surface area contributed by atoms with E-state index >= 15 is 0 Å². The van der Waals surface area contributed by atoms with Gasteiger partial charge in [-0.3, -0.25) is 4.79 Å². The molecule has 0 N–H and O–H groups in total. The molecule has 1 radical (unpaired) electrons. The minimum absolute atomic E-state index is 0.296. The highest BCUT2D eigenvalue weighted by Crippen LogP contribution is 2.53. The summed E-state index contributed by atoms with van der Waals surface area (Å²) in [4.78, 5) is 16.7. The van der Waals surface area contributed by atoms with E-state index in [4.69, 9.17) is 4.74 Å². The van der Waals surface area contributed by atoms with Gasteiger partial charge in [-0.05, 0) is 55.7 Å². The van der Waals surface area contributed by atoms with E-state index in [1.807, 2.05) is 4.90 Å². The number of carbonyl (C=O) groups excluding carboxylic acids is 1. The minimum atomic E-state index is 0.296. The molecule has 4 rings (SSSR count). The van der Waals surface area contributed by atoms with Crippen LogP contribution in [0.5, 0.6) is 0 Å². The fourth-order valence-electron chi connectivity index (χ4n) is 4.42. The predicted octanol–water partition coefficient (Wildman–Crippen LogP) is 2.57. The van der Waals surface area contributed by atoms with Crippen LogP contribution in [-0.2, 0) is 9.53 Å². The van der Waals surface area contributed by atoms with Crippen molar-refractivity contribution < 1.29 is 9.53 Å². The van der Waals surface area contributed by atoms with Crippen molar-refractivity contribution in [2.24, 2.45) is 11.8 Å². The zero-order valence-electron chi connectivity index (χ0n) is 15.0. The first-order valence-corrected chi connectivity index (χ1v) is 9.79. The summed E-state index contributed by atoms with van der Waals surface area (Å²) in [7, 11) is 0. The van der Waals surface area contributed by atoms with Gasteiger partial charge in [0.05, 0.1) is 13.2 Å². The lowest BCUT2D eigenvalue weighted by Crippen LogP contribution is -2.43. The standard InChI is InChI=1S/C21H29N2O2/c24-21(23-12-14-25-15-13-23)8-11-22-9-6-18(7-10-22)20-16-19(20)17-4-2-1-3-5-17/h1-5,16,18-20H,6-15H2/t19-,20?/m1/s1. The van der Waals surface area contributed by atoms with Crippen molar-refractivity contribution in [3.8, 4) is 0 Å². The van der Waals surface area contributed by atoms with E-state index in [0.29, 0.717) is 31.5 Å². The molecule has 0 aromatic heterocycles. The average Bonchev–Trinajstić information content (AvgIpc) is 3.49. The molecule has 4 heteroatoms. The van der Waals surface area contributed by atoms with E-state index in [1.165, 1.54) is 18.4 Å². The van der Waals surface area contributed by atoms with Gasteiger partial charge in [0.1, 0.15) is 0 Å². The van der Waals surface area contributed by atoms with Crippen LogP contribution in [0.25, 0.3) is 0 Å². The molecule has 2 aliphatic heterocycles. The van der Waals surface area contributed by atoms with Crippen LogP contribution in [0.2, 0.25) is 0 Å².